The largest absolute Gasteiger partial charge is 0.456 e. The Morgan fingerprint density at radius 3 is 2.19 bits per heavy atom. The van der Waals surface area contributed by atoms with Crippen LogP contribution in [-0.4, -0.2) is 30.2 Å². The van der Waals surface area contributed by atoms with Crippen molar-refractivity contribution < 1.29 is 23.5 Å². The molecular weight excluding hydrogens is 409 g/mol. The molecule has 6 heteroatoms. The number of carbonyl (C=O) groups is 3. The Labute approximate surface area is 186 Å². The lowest BCUT2D eigenvalue weighted by Crippen LogP contribution is -2.34. The Morgan fingerprint density at radius 2 is 1.53 bits per heavy atom. The maximum Gasteiger partial charge on any atom is 0.329 e. The number of ether oxygens (including phenoxy) is 1. The maximum absolute atomic E-state index is 13.2. The number of carbonyl (C=O) groups excluding carboxylic acids is 3. The van der Waals surface area contributed by atoms with Gasteiger partial charge in [0, 0.05) is 23.2 Å². The summed E-state index contributed by atoms with van der Waals surface area (Å²) in [6, 6.07) is 18.2. The second-order valence-electron chi connectivity index (χ2n) is 7.53. The molecule has 3 aromatic carbocycles. The summed E-state index contributed by atoms with van der Waals surface area (Å²) in [6.07, 6.45) is -0.182. The summed E-state index contributed by atoms with van der Waals surface area (Å²) >= 11 is 0. The second-order valence-corrected chi connectivity index (χ2v) is 7.53. The molecule has 0 saturated heterocycles. The van der Waals surface area contributed by atoms with Crippen LogP contribution in [0.5, 0.6) is 0 Å². The molecule has 0 aliphatic heterocycles. The number of esters is 1. The van der Waals surface area contributed by atoms with E-state index >= 15 is 0 Å². The minimum absolute atomic E-state index is 0.182. The standard InChI is InChI=1S/C26H24FNO4/c1-17-8-9-20(14-18(17)2)25(30)16-32-26(31)23(28-22-12-10-21(27)11-13-22)15-24(29)19-6-4-3-5-7-19/h3-14,23,28H,15-16H2,1-2H3. The third-order valence-electron chi connectivity index (χ3n) is 5.13. The number of aryl methyl sites for hydroxylation is 2. The number of halogens is 1. The minimum Gasteiger partial charge on any atom is -0.456 e. The molecule has 0 bridgehead atoms. The first kappa shape index (κ1) is 22.9. The highest BCUT2D eigenvalue weighted by molar-refractivity contribution is 6.01. The van der Waals surface area contributed by atoms with E-state index in [1.54, 1.807) is 42.5 Å². The molecule has 0 aliphatic carbocycles. The van der Waals surface area contributed by atoms with E-state index in [1.165, 1.54) is 24.3 Å². The van der Waals surface area contributed by atoms with E-state index in [1.807, 2.05) is 19.9 Å². The van der Waals surface area contributed by atoms with Crippen LogP contribution in [0.4, 0.5) is 10.1 Å². The van der Waals surface area contributed by atoms with Crippen LogP contribution >= 0.6 is 0 Å². The van der Waals surface area contributed by atoms with Crippen LogP contribution in [0.15, 0.2) is 72.8 Å². The van der Waals surface area contributed by atoms with Gasteiger partial charge in [-0.05, 0) is 55.3 Å². The van der Waals surface area contributed by atoms with Crippen LogP contribution in [0.1, 0.15) is 38.3 Å². The van der Waals surface area contributed by atoms with E-state index in [0.29, 0.717) is 16.8 Å². The molecule has 3 rings (SSSR count). The number of hydrogen-bond acceptors (Lipinski definition) is 5. The van der Waals surface area contributed by atoms with E-state index in [4.69, 9.17) is 4.74 Å². The van der Waals surface area contributed by atoms with Gasteiger partial charge in [-0.1, -0.05) is 42.5 Å². The summed E-state index contributed by atoms with van der Waals surface area (Å²) in [6.45, 7) is 3.40. The van der Waals surface area contributed by atoms with Gasteiger partial charge in [-0.25, -0.2) is 9.18 Å². The lowest BCUT2D eigenvalue weighted by Gasteiger charge is -2.18. The van der Waals surface area contributed by atoms with Crippen molar-refractivity contribution in [3.05, 3.63) is 101 Å². The highest BCUT2D eigenvalue weighted by Gasteiger charge is 2.25. The lowest BCUT2D eigenvalue weighted by atomic mass is 10.0. The predicted molar refractivity (Wildman–Crippen MR) is 120 cm³/mol. The van der Waals surface area contributed by atoms with Gasteiger partial charge in [-0.3, -0.25) is 9.59 Å². The Hall–Kier alpha value is -3.80. The predicted octanol–water partition coefficient (Wildman–Crippen LogP) is 4.92. The van der Waals surface area contributed by atoms with Gasteiger partial charge in [-0.2, -0.15) is 0 Å². The number of rotatable bonds is 9. The van der Waals surface area contributed by atoms with Gasteiger partial charge in [0.2, 0.25) is 0 Å². The van der Waals surface area contributed by atoms with E-state index in [2.05, 4.69) is 5.32 Å². The first-order chi connectivity index (χ1) is 15.3. The van der Waals surface area contributed by atoms with E-state index in [-0.39, 0.29) is 18.0 Å². The summed E-state index contributed by atoms with van der Waals surface area (Å²) in [5, 5.41) is 2.91. The van der Waals surface area contributed by atoms with E-state index in [0.717, 1.165) is 11.1 Å². The molecule has 0 spiro atoms. The topological polar surface area (TPSA) is 72.5 Å². The van der Waals surface area contributed by atoms with Crippen LogP contribution in [0.25, 0.3) is 0 Å². The fourth-order valence-corrected chi connectivity index (χ4v) is 3.10. The Bertz CT molecular complexity index is 1110. The SMILES string of the molecule is Cc1ccc(C(=O)COC(=O)C(CC(=O)c2ccccc2)Nc2ccc(F)cc2)cc1C. The van der Waals surface area contributed by atoms with Crippen molar-refractivity contribution in [2.75, 3.05) is 11.9 Å². The molecule has 3 aromatic rings. The van der Waals surface area contributed by atoms with Crippen molar-refractivity contribution >= 4 is 23.2 Å². The average Bonchev–Trinajstić information content (AvgIpc) is 2.80. The zero-order valence-electron chi connectivity index (χ0n) is 17.9. The van der Waals surface area contributed by atoms with Gasteiger partial charge >= 0.3 is 5.97 Å². The number of anilines is 1. The first-order valence-electron chi connectivity index (χ1n) is 10.2. The molecular formula is C26H24FNO4. The lowest BCUT2D eigenvalue weighted by molar-refractivity contribution is -0.143. The number of Topliss-reactive ketones (excluding diaryl/α,β-unsaturated/α-hetero) is 2. The summed E-state index contributed by atoms with van der Waals surface area (Å²) in [5.41, 5.74) is 3.38. The Balaban J connectivity index is 1.71. The van der Waals surface area contributed by atoms with E-state index < -0.39 is 24.4 Å². The summed E-state index contributed by atoms with van der Waals surface area (Å²) in [7, 11) is 0. The van der Waals surface area contributed by atoms with E-state index in [9.17, 15) is 18.8 Å². The molecule has 5 nitrogen and oxygen atoms in total. The Morgan fingerprint density at radius 1 is 0.844 bits per heavy atom. The quantitative estimate of drug-likeness (QED) is 0.383. The van der Waals surface area contributed by atoms with Gasteiger partial charge in [0.25, 0.3) is 0 Å². The summed E-state index contributed by atoms with van der Waals surface area (Å²) < 4.78 is 18.5. The molecule has 32 heavy (non-hydrogen) atoms. The van der Waals surface area contributed by atoms with Crippen molar-refractivity contribution in [3.8, 4) is 0 Å². The number of benzene rings is 3. The monoisotopic (exact) mass is 433 g/mol. The van der Waals surface area contributed by atoms with Crippen LogP contribution in [-0.2, 0) is 9.53 Å². The highest BCUT2D eigenvalue weighted by atomic mass is 19.1. The molecule has 1 atom stereocenters. The fourth-order valence-electron chi connectivity index (χ4n) is 3.10. The van der Waals surface area contributed by atoms with Crippen molar-refractivity contribution in [2.45, 2.75) is 26.3 Å². The zero-order valence-corrected chi connectivity index (χ0v) is 17.9. The second kappa shape index (κ2) is 10.5. The third-order valence-corrected chi connectivity index (χ3v) is 5.13. The Kier molecular flexibility index (Phi) is 7.49. The normalized spacial score (nSPS) is 11.5. The first-order valence-corrected chi connectivity index (χ1v) is 10.2. The van der Waals surface area contributed by atoms with Gasteiger partial charge < -0.3 is 10.1 Å². The molecule has 0 saturated carbocycles. The van der Waals surface area contributed by atoms with Crippen molar-refractivity contribution in [1.82, 2.24) is 0 Å². The number of hydrogen-bond donors (Lipinski definition) is 1. The summed E-state index contributed by atoms with van der Waals surface area (Å²) in [5.74, 6) is -1.76. The fraction of sp³-hybridized carbons (Fsp3) is 0.192. The molecule has 1 unspecified atom stereocenters. The molecule has 164 valence electrons. The molecule has 1 N–H and O–H groups in total. The van der Waals surface area contributed by atoms with Crippen LogP contribution < -0.4 is 5.32 Å². The van der Waals surface area contributed by atoms with Gasteiger partial charge in [0.1, 0.15) is 11.9 Å². The van der Waals surface area contributed by atoms with Crippen molar-refractivity contribution in [3.63, 3.8) is 0 Å². The molecule has 0 fully saturated rings. The minimum atomic E-state index is -1.04. The van der Waals surface area contributed by atoms with Crippen molar-refractivity contribution in [1.29, 1.82) is 0 Å². The smallest absolute Gasteiger partial charge is 0.329 e. The molecule has 0 amide bonds. The molecule has 0 radical (unpaired) electrons. The van der Waals surface area contributed by atoms with Gasteiger partial charge in [0.15, 0.2) is 18.2 Å². The number of ketones is 2. The summed E-state index contributed by atoms with van der Waals surface area (Å²) in [4.78, 5) is 37.9. The third kappa shape index (κ3) is 6.11. The molecule has 0 aliphatic rings. The highest BCUT2D eigenvalue weighted by Crippen LogP contribution is 2.15. The van der Waals surface area contributed by atoms with Gasteiger partial charge in [-0.15, -0.1) is 0 Å². The maximum atomic E-state index is 13.2. The molecule has 0 heterocycles. The van der Waals surface area contributed by atoms with Crippen LogP contribution in [0.2, 0.25) is 0 Å². The van der Waals surface area contributed by atoms with Crippen LogP contribution in [0, 0.1) is 19.7 Å². The average molecular weight is 433 g/mol. The van der Waals surface area contributed by atoms with Gasteiger partial charge in [0.05, 0.1) is 0 Å². The zero-order chi connectivity index (χ0) is 23.1. The number of nitrogens with one attached hydrogen (secondary N) is 1. The van der Waals surface area contributed by atoms with Crippen LogP contribution in [0.3, 0.4) is 0 Å². The molecule has 0 aromatic heterocycles. The van der Waals surface area contributed by atoms with Crippen molar-refractivity contribution in [2.24, 2.45) is 0 Å².